The molecule has 178 valence electrons. The van der Waals surface area contributed by atoms with E-state index in [9.17, 15) is 14.0 Å². The maximum Gasteiger partial charge on any atom is 0.232 e. The summed E-state index contributed by atoms with van der Waals surface area (Å²) in [6.07, 6.45) is 1.17. The summed E-state index contributed by atoms with van der Waals surface area (Å²) in [6.45, 7) is 4.15. The van der Waals surface area contributed by atoms with Crippen LogP contribution in [0.1, 0.15) is 43.9 Å². The molecule has 0 saturated carbocycles. The van der Waals surface area contributed by atoms with Crippen LogP contribution >= 0.6 is 11.6 Å². The number of allylic oxidation sites excluding steroid dienone is 1. The van der Waals surface area contributed by atoms with E-state index in [1.54, 1.807) is 29.2 Å². The van der Waals surface area contributed by atoms with Crippen molar-refractivity contribution in [1.82, 2.24) is 0 Å². The van der Waals surface area contributed by atoms with E-state index in [4.69, 9.17) is 11.6 Å². The van der Waals surface area contributed by atoms with Crippen LogP contribution < -0.4 is 10.2 Å². The minimum absolute atomic E-state index is 0.00447. The number of Topliss-reactive ketones (excluding diaryl/α,β-unsaturated/α-hetero) is 1. The molecule has 0 bridgehead atoms. The topological polar surface area (TPSA) is 49.4 Å². The third-order valence-corrected chi connectivity index (χ3v) is 6.88. The molecule has 0 saturated heterocycles. The minimum Gasteiger partial charge on any atom is -0.357 e. The molecule has 1 N–H and O–H groups in total. The first-order valence-corrected chi connectivity index (χ1v) is 12.0. The Morgan fingerprint density at radius 2 is 1.71 bits per heavy atom. The predicted octanol–water partition coefficient (Wildman–Crippen LogP) is 6.86. The first-order valence-electron chi connectivity index (χ1n) is 11.7. The fourth-order valence-electron chi connectivity index (χ4n) is 5.08. The van der Waals surface area contributed by atoms with Crippen molar-refractivity contribution in [1.29, 1.82) is 0 Å². The van der Waals surface area contributed by atoms with Crippen LogP contribution in [0, 0.1) is 11.2 Å². The summed E-state index contributed by atoms with van der Waals surface area (Å²) in [5.74, 6) is -0.539. The number of halogens is 2. The lowest BCUT2D eigenvalue weighted by Gasteiger charge is -2.37. The van der Waals surface area contributed by atoms with Crippen molar-refractivity contribution in [2.45, 2.75) is 39.2 Å². The molecular weight excluding hydrogens is 463 g/mol. The second kappa shape index (κ2) is 8.97. The maximum atomic E-state index is 14.0. The van der Waals surface area contributed by atoms with Crippen LogP contribution in [-0.4, -0.2) is 11.7 Å². The largest absolute Gasteiger partial charge is 0.357 e. The summed E-state index contributed by atoms with van der Waals surface area (Å²) in [6, 6.07) is 20.1. The van der Waals surface area contributed by atoms with Crippen LogP contribution in [0.2, 0.25) is 5.02 Å². The highest BCUT2D eigenvalue weighted by atomic mass is 35.5. The lowest BCUT2D eigenvalue weighted by molar-refractivity contribution is -0.119. The number of hydrogen-bond acceptors (Lipinski definition) is 3. The Morgan fingerprint density at radius 3 is 2.43 bits per heavy atom. The van der Waals surface area contributed by atoms with Gasteiger partial charge < -0.3 is 5.32 Å². The average molecular weight is 489 g/mol. The number of carbonyl (C=O) groups excluding carboxylic acids is 2. The summed E-state index contributed by atoms with van der Waals surface area (Å²) < 4.78 is 13.9. The molecule has 0 fully saturated rings. The van der Waals surface area contributed by atoms with E-state index < -0.39 is 6.04 Å². The van der Waals surface area contributed by atoms with Gasteiger partial charge in [-0.15, -0.1) is 0 Å². The number of rotatable bonds is 3. The molecule has 35 heavy (non-hydrogen) atoms. The summed E-state index contributed by atoms with van der Waals surface area (Å²) in [7, 11) is 0. The molecule has 0 radical (unpaired) electrons. The SMILES string of the molecule is CC1(C)CC(=O)C2=C(C1)Nc1ccccc1N(C(=O)Cc1ccc(Cl)cc1)[C@H]2c1ccc(F)cc1. The Bertz CT molecular complexity index is 1330. The molecule has 0 spiro atoms. The normalized spacial score (nSPS) is 18.9. The second-order valence-electron chi connectivity index (χ2n) is 10.00. The molecule has 1 amide bonds. The zero-order valence-corrected chi connectivity index (χ0v) is 20.4. The molecule has 6 heteroatoms. The Kier molecular flexibility index (Phi) is 5.97. The van der Waals surface area contributed by atoms with Gasteiger partial charge in [0.1, 0.15) is 5.82 Å². The van der Waals surface area contributed by atoms with Gasteiger partial charge >= 0.3 is 0 Å². The molecule has 1 atom stereocenters. The first kappa shape index (κ1) is 23.3. The number of carbonyl (C=O) groups is 2. The Morgan fingerprint density at radius 1 is 1.03 bits per heavy atom. The zero-order valence-electron chi connectivity index (χ0n) is 19.6. The van der Waals surface area contributed by atoms with Crippen molar-refractivity contribution < 1.29 is 14.0 Å². The number of hydrogen-bond donors (Lipinski definition) is 1. The lowest BCUT2D eigenvalue weighted by Crippen LogP contribution is -2.40. The van der Waals surface area contributed by atoms with Crippen molar-refractivity contribution in [3.8, 4) is 0 Å². The van der Waals surface area contributed by atoms with Gasteiger partial charge in [0.05, 0.1) is 23.8 Å². The fraction of sp³-hybridized carbons (Fsp3) is 0.241. The van der Waals surface area contributed by atoms with Crippen molar-refractivity contribution in [2.75, 3.05) is 10.2 Å². The van der Waals surface area contributed by atoms with Gasteiger partial charge in [-0.25, -0.2) is 4.39 Å². The molecular formula is C29H26ClFN2O2. The molecule has 0 aromatic heterocycles. The number of amides is 1. The van der Waals surface area contributed by atoms with Crippen LogP contribution in [0.4, 0.5) is 15.8 Å². The Labute approximate surface area is 209 Å². The Hall–Kier alpha value is -3.44. The van der Waals surface area contributed by atoms with Gasteiger partial charge in [-0.05, 0) is 59.4 Å². The number of fused-ring (bicyclic) bond motifs is 1. The standard InChI is InChI=1S/C29H26ClFN2O2/c1-29(2)16-23-27(25(34)17-29)28(19-9-13-21(31)14-10-19)33(24-6-4-3-5-22(24)32-23)26(35)15-18-7-11-20(30)12-8-18/h3-14,28,32H,15-17H2,1-2H3/t28-/m0/s1. The molecule has 1 aliphatic heterocycles. The van der Waals surface area contributed by atoms with Gasteiger partial charge in [0.15, 0.2) is 5.78 Å². The molecule has 1 heterocycles. The van der Waals surface area contributed by atoms with E-state index in [2.05, 4.69) is 19.2 Å². The van der Waals surface area contributed by atoms with Crippen LogP contribution in [0.3, 0.4) is 0 Å². The summed E-state index contributed by atoms with van der Waals surface area (Å²) in [5.41, 5.74) is 4.12. The number of ketones is 1. The average Bonchev–Trinajstić information content (AvgIpc) is 2.94. The maximum absolute atomic E-state index is 14.0. The van der Waals surface area contributed by atoms with E-state index in [1.165, 1.54) is 12.1 Å². The number of anilines is 2. The van der Waals surface area contributed by atoms with Crippen LogP contribution in [0.25, 0.3) is 0 Å². The predicted molar refractivity (Wildman–Crippen MR) is 137 cm³/mol. The van der Waals surface area contributed by atoms with E-state index in [0.717, 1.165) is 16.9 Å². The van der Waals surface area contributed by atoms with Crippen LogP contribution in [0.15, 0.2) is 84.1 Å². The van der Waals surface area contributed by atoms with Gasteiger partial charge in [-0.1, -0.05) is 61.8 Å². The van der Waals surface area contributed by atoms with Crippen molar-refractivity contribution in [3.63, 3.8) is 0 Å². The monoisotopic (exact) mass is 488 g/mol. The molecule has 4 nitrogen and oxygen atoms in total. The number of nitrogens with zero attached hydrogens (tertiary/aromatic N) is 1. The minimum atomic E-state index is -0.676. The van der Waals surface area contributed by atoms with Gasteiger partial charge in [0.2, 0.25) is 5.91 Å². The van der Waals surface area contributed by atoms with E-state index in [1.807, 2.05) is 36.4 Å². The highest BCUT2D eigenvalue weighted by molar-refractivity contribution is 6.30. The van der Waals surface area contributed by atoms with Gasteiger partial charge in [-0.3, -0.25) is 14.5 Å². The van der Waals surface area contributed by atoms with Gasteiger partial charge in [-0.2, -0.15) is 0 Å². The summed E-state index contributed by atoms with van der Waals surface area (Å²) in [5, 5.41) is 4.09. The fourth-order valence-corrected chi connectivity index (χ4v) is 5.21. The number of para-hydroxylation sites is 2. The molecule has 3 aromatic rings. The van der Waals surface area contributed by atoms with Crippen LogP contribution in [-0.2, 0) is 16.0 Å². The lowest BCUT2D eigenvalue weighted by atomic mass is 9.73. The molecule has 2 aliphatic rings. The van der Waals surface area contributed by atoms with Crippen molar-refractivity contribution in [3.05, 3.63) is 106 Å². The van der Waals surface area contributed by atoms with E-state index in [-0.39, 0.29) is 29.3 Å². The van der Waals surface area contributed by atoms with Crippen molar-refractivity contribution in [2.24, 2.45) is 5.41 Å². The molecule has 1 aliphatic carbocycles. The van der Waals surface area contributed by atoms with E-state index >= 15 is 0 Å². The van der Waals surface area contributed by atoms with Crippen LogP contribution in [0.5, 0.6) is 0 Å². The quantitative estimate of drug-likeness (QED) is 0.438. The third-order valence-electron chi connectivity index (χ3n) is 6.62. The van der Waals surface area contributed by atoms with Gasteiger partial charge in [0.25, 0.3) is 0 Å². The number of nitrogens with one attached hydrogen (secondary N) is 1. The van der Waals surface area contributed by atoms with Gasteiger partial charge in [0, 0.05) is 22.7 Å². The molecule has 3 aromatic carbocycles. The third kappa shape index (κ3) is 4.61. The number of benzene rings is 3. The van der Waals surface area contributed by atoms with E-state index in [0.29, 0.717) is 34.7 Å². The van der Waals surface area contributed by atoms with Crippen molar-refractivity contribution >= 4 is 34.7 Å². The second-order valence-corrected chi connectivity index (χ2v) is 10.4. The highest BCUT2D eigenvalue weighted by Crippen LogP contribution is 2.48. The Balaban J connectivity index is 1.70. The summed E-state index contributed by atoms with van der Waals surface area (Å²) in [4.78, 5) is 29.3. The zero-order chi connectivity index (χ0) is 24.7. The molecule has 0 unspecified atom stereocenters. The summed E-state index contributed by atoms with van der Waals surface area (Å²) >= 11 is 6.04. The first-order chi connectivity index (χ1) is 16.7. The smallest absolute Gasteiger partial charge is 0.232 e. The highest BCUT2D eigenvalue weighted by Gasteiger charge is 2.43. The molecule has 5 rings (SSSR count).